The van der Waals surface area contributed by atoms with Crippen LogP contribution in [0.4, 0.5) is 19.0 Å². The van der Waals surface area contributed by atoms with Crippen LogP contribution in [0.2, 0.25) is 0 Å². The highest BCUT2D eigenvalue weighted by molar-refractivity contribution is 5.74. The van der Waals surface area contributed by atoms with Crippen LogP contribution in [0.25, 0.3) is 0 Å². The number of aliphatic carboxylic acids is 1. The molecular formula is C12H15F3N2O2. The summed E-state index contributed by atoms with van der Waals surface area (Å²) in [5, 5.41) is 11.7. The highest BCUT2D eigenvalue weighted by Crippen LogP contribution is 2.30. The molecule has 1 heterocycles. The Morgan fingerprint density at radius 2 is 2.11 bits per heavy atom. The van der Waals surface area contributed by atoms with E-state index in [0.717, 1.165) is 18.3 Å². The lowest BCUT2D eigenvalue weighted by molar-refractivity contribution is -0.147. The fourth-order valence-corrected chi connectivity index (χ4v) is 1.34. The van der Waals surface area contributed by atoms with E-state index >= 15 is 0 Å². The molecule has 0 amide bonds. The maximum absolute atomic E-state index is 12.5. The lowest BCUT2D eigenvalue weighted by Crippen LogP contribution is -2.34. The predicted octanol–water partition coefficient (Wildman–Crippen LogP) is 3.01. The van der Waals surface area contributed by atoms with Gasteiger partial charge in [0.15, 0.2) is 0 Å². The minimum absolute atomic E-state index is 0.00709. The van der Waals surface area contributed by atoms with E-state index in [1.54, 1.807) is 6.92 Å². The van der Waals surface area contributed by atoms with Crippen LogP contribution in [0.1, 0.15) is 25.8 Å². The molecule has 1 rings (SSSR count). The molecule has 1 aromatic heterocycles. The summed E-state index contributed by atoms with van der Waals surface area (Å²) in [5.74, 6) is -0.995. The Hall–Kier alpha value is -1.79. The summed E-state index contributed by atoms with van der Waals surface area (Å²) in [4.78, 5) is 14.8. The molecule has 19 heavy (non-hydrogen) atoms. The first-order chi connectivity index (χ1) is 8.69. The van der Waals surface area contributed by atoms with E-state index in [4.69, 9.17) is 5.11 Å². The summed E-state index contributed by atoms with van der Waals surface area (Å²) in [7, 11) is 0. The number of nitrogens with zero attached hydrogens (tertiary/aromatic N) is 1. The number of halogens is 3. The number of alkyl halides is 3. The van der Waals surface area contributed by atoms with Crippen LogP contribution in [0.15, 0.2) is 18.3 Å². The maximum Gasteiger partial charge on any atom is 0.416 e. The summed E-state index contributed by atoms with van der Waals surface area (Å²) in [5.41, 5.74) is -1.87. The molecule has 0 fully saturated rings. The Morgan fingerprint density at radius 1 is 1.47 bits per heavy atom. The van der Waals surface area contributed by atoms with Crippen molar-refractivity contribution in [3.05, 3.63) is 23.9 Å². The number of anilines is 1. The molecule has 2 N–H and O–H groups in total. The van der Waals surface area contributed by atoms with Crippen LogP contribution in [0.3, 0.4) is 0 Å². The molecule has 1 atom stereocenters. The molecule has 4 nitrogen and oxygen atoms in total. The first-order valence-electron chi connectivity index (χ1n) is 5.69. The second-order valence-corrected chi connectivity index (χ2v) is 4.50. The predicted molar refractivity (Wildman–Crippen MR) is 63.8 cm³/mol. The minimum Gasteiger partial charge on any atom is -0.481 e. The maximum atomic E-state index is 12.5. The molecule has 0 saturated carbocycles. The molecular weight excluding hydrogens is 261 g/mol. The highest BCUT2D eigenvalue weighted by atomic mass is 19.4. The van der Waals surface area contributed by atoms with Crippen molar-refractivity contribution >= 4 is 11.8 Å². The van der Waals surface area contributed by atoms with Crippen molar-refractivity contribution in [1.82, 2.24) is 4.98 Å². The molecule has 7 heteroatoms. The number of aromatic nitrogens is 1. The number of carboxylic acids is 1. The van der Waals surface area contributed by atoms with E-state index in [-0.39, 0.29) is 12.4 Å². The van der Waals surface area contributed by atoms with Gasteiger partial charge < -0.3 is 10.4 Å². The normalized spacial score (nSPS) is 14.8. The van der Waals surface area contributed by atoms with Crippen molar-refractivity contribution in [2.24, 2.45) is 5.41 Å². The van der Waals surface area contributed by atoms with Gasteiger partial charge in [-0.3, -0.25) is 4.79 Å². The third kappa shape index (κ3) is 3.84. The minimum atomic E-state index is -4.44. The molecule has 106 valence electrons. The van der Waals surface area contributed by atoms with E-state index in [2.05, 4.69) is 10.3 Å². The first kappa shape index (κ1) is 15.3. The lowest BCUT2D eigenvalue weighted by atomic mass is 9.88. The molecule has 0 aliphatic carbocycles. The van der Waals surface area contributed by atoms with Gasteiger partial charge in [0, 0.05) is 12.7 Å². The van der Waals surface area contributed by atoms with Crippen molar-refractivity contribution in [3.8, 4) is 0 Å². The van der Waals surface area contributed by atoms with Crippen molar-refractivity contribution in [2.45, 2.75) is 26.4 Å². The van der Waals surface area contributed by atoms with Gasteiger partial charge in [0.25, 0.3) is 0 Å². The van der Waals surface area contributed by atoms with E-state index in [9.17, 15) is 18.0 Å². The summed E-state index contributed by atoms with van der Waals surface area (Å²) < 4.78 is 37.5. The molecule has 0 aliphatic rings. The molecule has 0 saturated heterocycles. The third-order valence-corrected chi connectivity index (χ3v) is 3.04. The quantitative estimate of drug-likeness (QED) is 0.867. The zero-order chi connectivity index (χ0) is 14.7. The van der Waals surface area contributed by atoms with Crippen LogP contribution in [-0.4, -0.2) is 22.6 Å². The fraction of sp³-hybridized carbons (Fsp3) is 0.500. The monoisotopic (exact) mass is 276 g/mol. The van der Waals surface area contributed by atoms with Crippen molar-refractivity contribution < 1.29 is 23.1 Å². The van der Waals surface area contributed by atoms with Crippen LogP contribution < -0.4 is 5.32 Å². The molecule has 0 spiro atoms. The van der Waals surface area contributed by atoms with E-state index in [1.165, 1.54) is 6.92 Å². The van der Waals surface area contributed by atoms with E-state index in [1.807, 2.05) is 0 Å². The Balaban J connectivity index is 2.82. The van der Waals surface area contributed by atoms with Gasteiger partial charge in [-0.15, -0.1) is 0 Å². The lowest BCUT2D eigenvalue weighted by Gasteiger charge is -2.23. The number of rotatable bonds is 5. The van der Waals surface area contributed by atoms with Crippen molar-refractivity contribution in [3.63, 3.8) is 0 Å². The fourth-order valence-electron chi connectivity index (χ4n) is 1.34. The zero-order valence-corrected chi connectivity index (χ0v) is 10.6. The Labute approximate surface area is 108 Å². The van der Waals surface area contributed by atoms with Crippen LogP contribution in [0, 0.1) is 5.41 Å². The zero-order valence-electron chi connectivity index (χ0n) is 10.6. The first-order valence-corrected chi connectivity index (χ1v) is 5.69. The summed E-state index contributed by atoms with van der Waals surface area (Å²) in [6.07, 6.45) is -3.05. The Morgan fingerprint density at radius 3 is 2.58 bits per heavy atom. The molecule has 0 radical (unpaired) electrons. The molecule has 0 aromatic carbocycles. The van der Waals surface area contributed by atoms with Gasteiger partial charge in [0.1, 0.15) is 5.82 Å². The van der Waals surface area contributed by atoms with E-state index in [0.29, 0.717) is 6.42 Å². The molecule has 0 aliphatic heterocycles. The SMILES string of the molecule is CCC(C)(CNc1cc(C(F)(F)F)ccn1)C(=O)O. The Kier molecular flexibility index (Phi) is 4.39. The number of pyridine rings is 1. The van der Waals surface area contributed by atoms with Crippen LogP contribution >= 0.6 is 0 Å². The van der Waals surface area contributed by atoms with Crippen LogP contribution in [-0.2, 0) is 11.0 Å². The Bertz CT molecular complexity index is 463. The standard InChI is InChI=1S/C12H15F3N2O2/c1-3-11(2,10(18)19)7-17-9-6-8(4-5-16-9)12(13,14)15/h4-6H,3,7H2,1-2H3,(H,16,17)(H,18,19). The average molecular weight is 276 g/mol. The topological polar surface area (TPSA) is 62.2 Å². The molecule has 1 unspecified atom stereocenters. The summed E-state index contributed by atoms with van der Waals surface area (Å²) in [6.45, 7) is 3.23. The molecule has 1 aromatic rings. The second kappa shape index (κ2) is 5.46. The second-order valence-electron chi connectivity index (χ2n) is 4.50. The van der Waals surface area contributed by atoms with Gasteiger partial charge in [0.2, 0.25) is 0 Å². The summed E-state index contributed by atoms with van der Waals surface area (Å²) in [6, 6.07) is 1.72. The number of hydrogen-bond acceptors (Lipinski definition) is 3. The van der Waals surface area contributed by atoms with Gasteiger partial charge in [0.05, 0.1) is 11.0 Å². The van der Waals surface area contributed by atoms with Gasteiger partial charge in [-0.25, -0.2) is 4.98 Å². The smallest absolute Gasteiger partial charge is 0.416 e. The van der Waals surface area contributed by atoms with Gasteiger partial charge in [-0.1, -0.05) is 6.92 Å². The van der Waals surface area contributed by atoms with Gasteiger partial charge in [-0.2, -0.15) is 13.2 Å². The largest absolute Gasteiger partial charge is 0.481 e. The number of carboxylic acid groups (broad SMARTS) is 1. The highest BCUT2D eigenvalue weighted by Gasteiger charge is 2.32. The van der Waals surface area contributed by atoms with Crippen molar-refractivity contribution in [2.75, 3.05) is 11.9 Å². The number of carbonyl (C=O) groups is 1. The van der Waals surface area contributed by atoms with Gasteiger partial charge >= 0.3 is 12.1 Å². The van der Waals surface area contributed by atoms with Gasteiger partial charge in [-0.05, 0) is 25.5 Å². The van der Waals surface area contributed by atoms with E-state index < -0.39 is 23.1 Å². The molecule has 0 bridgehead atoms. The van der Waals surface area contributed by atoms with Crippen LogP contribution in [0.5, 0.6) is 0 Å². The third-order valence-electron chi connectivity index (χ3n) is 3.04. The average Bonchev–Trinajstić information content (AvgIpc) is 2.35. The number of hydrogen-bond donors (Lipinski definition) is 2. The van der Waals surface area contributed by atoms with Crippen molar-refractivity contribution in [1.29, 1.82) is 0 Å². The number of nitrogens with one attached hydrogen (secondary N) is 1. The summed E-state index contributed by atoms with van der Waals surface area (Å²) >= 11 is 0.